The number of hydrogen-bond donors (Lipinski definition) is 0. The molecule has 256 valence electrons. The number of para-hydroxylation sites is 2. The van der Waals surface area contributed by atoms with Crippen LogP contribution in [0.5, 0.6) is 0 Å². The lowest BCUT2D eigenvalue weighted by molar-refractivity contribution is 0.660. The zero-order chi connectivity index (χ0) is 36.0. The molecule has 0 aliphatic heterocycles. The summed E-state index contributed by atoms with van der Waals surface area (Å²) in [7, 11) is 0. The predicted molar refractivity (Wildman–Crippen MR) is 224 cm³/mol. The van der Waals surface area contributed by atoms with E-state index in [2.05, 4.69) is 183 Å². The molecule has 11 rings (SSSR count). The van der Waals surface area contributed by atoms with Crippen molar-refractivity contribution in [3.8, 4) is 33.4 Å². The first-order valence-corrected chi connectivity index (χ1v) is 18.6. The fraction of sp³-hybridized carbons (Fsp3) is 0.0588. The Morgan fingerprint density at radius 3 is 1.83 bits per heavy atom. The average molecular weight is 694 g/mol. The van der Waals surface area contributed by atoms with Gasteiger partial charge in [-0.05, 0) is 81.9 Å². The summed E-state index contributed by atoms with van der Waals surface area (Å²) >= 11 is 0. The minimum Gasteiger partial charge on any atom is -0.456 e. The Morgan fingerprint density at radius 1 is 0.407 bits per heavy atom. The summed E-state index contributed by atoms with van der Waals surface area (Å²) < 4.78 is 13.1. The molecule has 3 heteroatoms. The van der Waals surface area contributed by atoms with E-state index in [1.807, 2.05) is 12.1 Å². The Bertz CT molecular complexity index is 3070. The van der Waals surface area contributed by atoms with E-state index < -0.39 is 0 Å². The highest BCUT2D eigenvalue weighted by Gasteiger charge is 2.38. The molecule has 0 saturated heterocycles. The van der Waals surface area contributed by atoms with Crippen LogP contribution < -0.4 is 4.90 Å². The summed E-state index contributed by atoms with van der Waals surface area (Å²) in [6, 6.07) is 62.9. The number of fused-ring (bicyclic) bond motifs is 9. The van der Waals surface area contributed by atoms with Gasteiger partial charge in [0.1, 0.15) is 22.3 Å². The third kappa shape index (κ3) is 4.42. The van der Waals surface area contributed by atoms with Gasteiger partial charge in [-0.25, -0.2) is 0 Å². The molecule has 0 atom stereocenters. The molecule has 1 aliphatic carbocycles. The first kappa shape index (κ1) is 30.8. The molecule has 54 heavy (non-hydrogen) atoms. The zero-order valence-electron chi connectivity index (χ0n) is 30.0. The van der Waals surface area contributed by atoms with Crippen molar-refractivity contribution < 1.29 is 8.83 Å². The Hall–Kier alpha value is -6.84. The second-order valence-electron chi connectivity index (χ2n) is 14.8. The fourth-order valence-electron chi connectivity index (χ4n) is 8.98. The van der Waals surface area contributed by atoms with E-state index in [1.165, 1.54) is 22.3 Å². The molecule has 2 aromatic heterocycles. The van der Waals surface area contributed by atoms with Gasteiger partial charge in [-0.2, -0.15) is 0 Å². The minimum absolute atomic E-state index is 0.141. The third-order valence-corrected chi connectivity index (χ3v) is 11.5. The van der Waals surface area contributed by atoms with Crippen LogP contribution in [-0.4, -0.2) is 0 Å². The van der Waals surface area contributed by atoms with Gasteiger partial charge < -0.3 is 13.7 Å². The fourth-order valence-corrected chi connectivity index (χ4v) is 8.98. The number of hydrogen-bond acceptors (Lipinski definition) is 3. The molecule has 0 unspecified atom stereocenters. The number of furan rings is 2. The molecular formula is C51H35NO2. The first-order valence-electron chi connectivity index (χ1n) is 18.6. The molecule has 0 saturated carbocycles. The van der Waals surface area contributed by atoms with Crippen LogP contribution in [0.1, 0.15) is 25.0 Å². The predicted octanol–water partition coefficient (Wildman–Crippen LogP) is 14.6. The number of anilines is 3. The maximum atomic E-state index is 6.79. The van der Waals surface area contributed by atoms with Crippen molar-refractivity contribution in [2.24, 2.45) is 0 Å². The van der Waals surface area contributed by atoms with E-state index in [0.29, 0.717) is 0 Å². The highest BCUT2D eigenvalue weighted by molar-refractivity contribution is 6.18. The molecule has 1 aliphatic rings. The van der Waals surface area contributed by atoms with Crippen molar-refractivity contribution in [1.82, 2.24) is 0 Å². The van der Waals surface area contributed by atoms with Crippen molar-refractivity contribution in [2.75, 3.05) is 4.90 Å². The first-order chi connectivity index (χ1) is 26.6. The lowest BCUT2D eigenvalue weighted by Crippen LogP contribution is -2.16. The second-order valence-corrected chi connectivity index (χ2v) is 14.8. The average Bonchev–Trinajstić information content (AvgIpc) is 3.87. The normalized spacial score (nSPS) is 13.1. The van der Waals surface area contributed by atoms with E-state index in [4.69, 9.17) is 8.83 Å². The van der Waals surface area contributed by atoms with Gasteiger partial charge in [0.25, 0.3) is 0 Å². The van der Waals surface area contributed by atoms with Gasteiger partial charge in [0.2, 0.25) is 0 Å². The lowest BCUT2D eigenvalue weighted by Gasteiger charge is -2.30. The van der Waals surface area contributed by atoms with Gasteiger partial charge in [-0.15, -0.1) is 0 Å². The van der Waals surface area contributed by atoms with E-state index in [9.17, 15) is 0 Å². The Morgan fingerprint density at radius 2 is 1.02 bits per heavy atom. The van der Waals surface area contributed by atoms with Crippen LogP contribution in [0.15, 0.2) is 185 Å². The van der Waals surface area contributed by atoms with Gasteiger partial charge >= 0.3 is 0 Å². The zero-order valence-corrected chi connectivity index (χ0v) is 30.0. The van der Waals surface area contributed by atoms with E-state index >= 15 is 0 Å². The molecule has 0 N–H and O–H groups in total. The van der Waals surface area contributed by atoms with Crippen molar-refractivity contribution >= 4 is 60.9 Å². The standard InChI is InChI=1S/C51H35NO2/c1-51(2)40-20-9-6-16-37(40)48-41(51)21-13-22-42(48)52(34-28-26-33(27-29-34)35-19-12-25-46-47(35)38-17-7-10-23-44(38)53-46)43-31-30-36(32-14-4-3-5-15-32)50-49(43)39-18-8-11-24-45(39)54-50/h3-31H,1-2H3. The summed E-state index contributed by atoms with van der Waals surface area (Å²) in [6.07, 6.45) is 0. The quantitative estimate of drug-likeness (QED) is 0.180. The van der Waals surface area contributed by atoms with E-state index in [0.717, 1.165) is 83.2 Å². The summed E-state index contributed by atoms with van der Waals surface area (Å²) in [5.41, 5.74) is 16.4. The van der Waals surface area contributed by atoms with Gasteiger partial charge in [0, 0.05) is 38.4 Å². The summed E-state index contributed by atoms with van der Waals surface area (Å²) in [6.45, 7) is 4.69. The van der Waals surface area contributed by atoms with Gasteiger partial charge in [0.05, 0.1) is 16.8 Å². The van der Waals surface area contributed by atoms with Gasteiger partial charge in [-0.3, -0.25) is 0 Å². The van der Waals surface area contributed by atoms with E-state index in [1.54, 1.807) is 0 Å². The minimum atomic E-state index is -0.141. The van der Waals surface area contributed by atoms with Gasteiger partial charge in [-0.1, -0.05) is 141 Å². The van der Waals surface area contributed by atoms with Crippen LogP contribution in [0.25, 0.3) is 77.3 Å². The van der Waals surface area contributed by atoms with Crippen LogP contribution in [0.4, 0.5) is 17.1 Å². The molecule has 2 heterocycles. The molecule has 8 aromatic carbocycles. The highest BCUT2D eigenvalue weighted by atomic mass is 16.3. The second kappa shape index (κ2) is 11.6. The topological polar surface area (TPSA) is 29.5 Å². The van der Waals surface area contributed by atoms with Crippen LogP contribution in [0, 0.1) is 0 Å². The highest BCUT2D eigenvalue weighted by Crippen LogP contribution is 2.55. The molecule has 0 fully saturated rings. The molecule has 0 amide bonds. The van der Waals surface area contributed by atoms with Crippen LogP contribution in [0.3, 0.4) is 0 Å². The maximum absolute atomic E-state index is 6.79. The van der Waals surface area contributed by atoms with Gasteiger partial charge in [0.15, 0.2) is 0 Å². The smallest absolute Gasteiger partial charge is 0.145 e. The van der Waals surface area contributed by atoms with Crippen LogP contribution in [-0.2, 0) is 5.41 Å². The van der Waals surface area contributed by atoms with Crippen LogP contribution in [0.2, 0.25) is 0 Å². The molecule has 0 radical (unpaired) electrons. The summed E-state index contributed by atoms with van der Waals surface area (Å²) in [4.78, 5) is 2.45. The summed E-state index contributed by atoms with van der Waals surface area (Å²) in [5, 5.41) is 4.45. The molecular weight excluding hydrogens is 659 g/mol. The number of rotatable bonds is 5. The third-order valence-electron chi connectivity index (χ3n) is 11.5. The largest absolute Gasteiger partial charge is 0.456 e. The number of benzene rings is 8. The lowest BCUT2D eigenvalue weighted by atomic mass is 9.82. The van der Waals surface area contributed by atoms with Crippen molar-refractivity contribution in [3.05, 3.63) is 187 Å². The Kier molecular flexibility index (Phi) is 6.60. The van der Waals surface area contributed by atoms with E-state index in [-0.39, 0.29) is 5.41 Å². The van der Waals surface area contributed by atoms with Crippen molar-refractivity contribution in [2.45, 2.75) is 19.3 Å². The Balaban J connectivity index is 1.18. The maximum Gasteiger partial charge on any atom is 0.145 e. The number of nitrogens with zero attached hydrogens (tertiary/aromatic N) is 1. The molecule has 3 nitrogen and oxygen atoms in total. The molecule has 0 spiro atoms. The van der Waals surface area contributed by atoms with Crippen molar-refractivity contribution in [3.63, 3.8) is 0 Å². The SMILES string of the molecule is CC1(C)c2ccccc2-c2c(N(c3ccc(-c4cccc5oc6ccccc6c45)cc3)c3ccc(-c4ccccc4)c4oc5ccccc5c34)cccc21. The Labute approximate surface area is 313 Å². The van der Waals surface area contributed by atoms with Crippen molar-refractivity contribution in [1.29, 1.82) is 0 Å². The monoisotopic (exact) mass is 693 g/mol. The molecule has 10 aromatic rings. The summed E-state index contributed by atoms with van der Waals surface area (Å²) in [5.74, 6) is 0. The molecule has 0 bridgehead atoms. The van der Waals surface area contributed by atoms with Crippen LogP contribution >= 0.6 is 0 Å².